The van der Waals surface area contributed by atoms with Crippen molar-refractivity contribution < 1.29 is 9.22 Å². The van der Waals surface area contributed by atoms with E-state index in [4.69, 9.17) is 4.43 Å². The maximum atomic E-state index is 12.0. The molecular formula is C18H34N2O2Si. The van der Waals surface area contributed by atoms with Crippen molar-refractivity contribution in [3.05, 3.63) is 11.6 Å². The molecule has 2 heterocycles. The van der Waals surface area contributed by atoms with Gasteiger partial charge in [-0.05, 0) is 49.5 Å². The van der Waals surface area contributed by atoms with Gasteiger partial charge in [0.05, 0.1) is 6.61 Å². The van der Waals surface area contributed by atoms with Crippen LogP contribution < -0.4 is 0 Å². The second-order valence-corrected chi connectivity index (χ2v) is 13.8. The summed E-state index contributed by atoms with van der Waals surface area (Å²) in [5.74, 6) is 0.0987. The number of carbonyl (C=O) groups excluding carboxylic acids is 1. The van der Waals surface area contributed by atoms with Crippen molar-refractivity contribution in [2.45, 2.75) is 63.7 Å². The fraction of sp³-hybridized carbons (Fsp3) is 0.833. The predicted molar refractivity (Wildman–Crippen MR) is 98.1 cm³/mol. The van der Waals surface area contributed by atoms with Crippen molar-refractivity contribution in [1.82, 2.24) is 9.80 Å². The second kappa shape index (κ2) is 6.34. The van der Waals surface area contributed by atoms with Crippen LogP contribution in [0, 0.1) is 0 Å². The summed E-state index contributed by atoms with van der Waals surface area (Å²) in [5.41, 5.74) is 1.40. The van der Waals surface area contributed by atoms with E-state index in [1.165, 1.54) is 18.4 Å². The fourth-order valence-electron chi connectivity index (χ4n) is 3.31. The molecule has 2 saturated heterocycles. The van der Waals surface area contributed by atoms with Crippen LogP contribution in [0.5, 0.6) is 0 Å². The van der Waals surface area contributed by atoms with Gasteiger partial charge in [-0.2, -0.15) is 0 Å². The Bertz CT molecular complexity index is 494. The van der Waals surface area contributed by atoms with E-state index in [0.717, 1.165) is 26.1 Å². The van der Waals surface area contributed by atoms with Crippen LogP contribution in [-0.2, 0) is 9.22 Å². The first-order chi connectivity index (χ1) is 10.5. The molecule has 2 aliphatic heterocycles. The third-order valence-corrected chi connectivity index (χ3v) is 10.4. The van der Waals surface area contributed by atoms with Crippen LogP contribution >= 0.6 is 0 Å². The smallest absolute Gasteiger partial charge is 0.246 e. The van der Waals surface area contributed by atoms with Gasteiger partial charge in [-0.3, -0.25) is 9.69 Å². The zero-order valence-corrected chi connectivity index (χ0v) is 17.0. The Morgan fingerprint density at radius 3 is 2.61 bits per heavy atom. The number of rotatable bonds is 4. The van der Waals surface area contributed by atoms with E-state index in [1.54, 1.807) is 4.90 Å². The highest BCUT2D eigenvalue weighted by Gasteiger charge is 2.48. The molecule has 0 aromatic carbocycles. The average Bonchev–Trinajstić information content (AvgIpc) is 2.91. The molecule has 23 heavy (non-hydrogen) atoms. The Labute approximate surface area is 143 Å². The summed E-state index contributed by atoms with van der Waals surface area (Å²) in [6.07, 6.45) is 5.26. The van der Waals surface area contributed by atoms with E-state index in [9.17, 15) is 4.79 Å². The molecule has 0 radical (unpaired) electrons. The molecule has 0 saturated carbocycles. The van der Waals surface area contributed by atoms with Gasteiger partial charge >= 0.3 is 0 Å². The highest BCUT2D eigenvalue weighted by molar-refractivity contribution is 6.74. The minimum absolute atomic E-state index is 0.0987. The van der Waals surface area contributed by atoms with Crippen molar-refractivity contribution in [3.63, 3.8) is 0 Å². The Morgan fingerprint density at radius 1 is 1.39 bits per heavy atom. The Morgan fingerprint density at radius 2 is 2.04 bits per heavy atom. The van der Waals surface area contributed by atoms with Gasteiger partial charge in [0, 0.05) is 32.3 Å². The van der Waals surface area contributed by atoms with E-state index < -0.39 is 8.32 Å². The molecule has 0 aromatic heterocycles. The van der Waals surface area contributed by atoms with Crippen molar-refractivity contribution in [2.75, 3.05) is 33.8 Å². The highest BCUT2D eigenvalue weighted by Crippen LogP contribution is 2.44. The predicted octanol–water partition coefficient (Wildman–Crippen LogP) is 3.26. The lowest BCUT2D eigenvalue weighted by Crippen LogP contribution is -2.49. The normalized spacial score (nSPS) is 27.5. The van der Waals surface area contributed by atoms with Crippen LogP contribution in [0.2, 0.25) is 18.1 Å². The van der Waals surface area contributed by atoms with E-state index in [0.29, 0.717) is 0 Å². The van der Waals surface area contributed by atoms with Crippen LogP contribution in [0.25, 0.3) is 0 Å². The van der Waals surface area contributed by atoms with Gasteiger partial charge in [0.1, 0.15) is 0 Å². The van der Waals surface area contributed by atoms with E-state index in [2.05, 4.69) is 38.8 Å². The maximum absolute atomic E-state index is 12.0. The first-order valence-corrected chi connectivity index (χ1v) is 11.7. The topological polar surface area (TPSA) is 32.8 Å². The molecule has 0 N–H and O–H groups in total. The lowest BCUT2D eigenvalue weighted by Gasteiger charge is -2.40. The molecule has 2 rings (SSSR count). The first-order valence-electron chi connectivity index (χ1n) is 8.77. The summed E-state index contributed by atoms with van der Waals surface area (Å²) in [5, 5.41) is 0.241. The molecule has 1 amide bonds. The molecule has 0 bridgehead atoms. The number of carbonyl (C=O) groups is 1. The summed E-state index contributed by atoms with van der Waals surface area (Å²) in [4.78, 5) is 16.2. The quantitative estimate of drug-likeness (QED) is 0.583. The molecule has 0 unspecified atom stereocenters. The van der Waals surface area contributed by atoms with Crippen LogP contribution in [0.15, 0.2) is 11.6 Å². The number of likely N-dealkylation sites (N-methyl/N-ethyl adjacent to an activating group) is 1. The number of hydrogen-bond donors (Lipinski definition) is 0. The number of fused-ring (bicyclic) bond motifs is 1. The lowest BCUT2D eigenvalue weighted by molar-refractivity contribution is -0.123. The highest BCUT2D eigenvalue weighted by atomic mass is 28.4. The summed E-state index contributed by atoms with van der Waals surface area (Å²) >= 11 is 0. The van der Waals surface area contributed by atoms with Gasteiger partial charge in [-0.25, -0.2) is 0 Å². The Balaban J connectivity index is 2.09. The third kappa shape index (κ3) is 3.89. The minimum Gasteiger partial charge on any atom is -0.415 e. The molecule has 0 aromatic rings. The molecule has 5 heteroatoms. The van der Waals surface area contributed by atoms with Gasteiger partial charge in [0.2, 0.25) is 5.91 Å². The Kier molecular flexibility index (Phi) is 5.15. The van der Waals surface area contributed by atoms with Crippen LogP contribution in [0.3, 0.4) is 0 Å². The Hall–Kier alpha value is -0.653. The molecule has 2 fully saturated rings. The van der Waals surface area contributed by atoms with Gasteiger partial charge in [0.15, 0.2) is 8.32 Å². The van der Waals surface area contributed by atoms with E-state index >= 15 is 0 Å². The molecule has 4 nitrogen and oxygen atoms in total. The van der Waals surface area contributed by atoms with Gasteiger partial charge in [0.25, 0.3) is 0 Å². The standard InChI is InChI=1S/C18H34N2O2Si/c1-17(2,3)23(6,7)22-14-18-9-8-10-20(18)13-15(12-18)11-16(21)19(4)5/h11H,8-10,12-14H2,1-7H3/t18-/m0/s1. The summed E-state index contributed by atoms with van der Waals surface area (Å²) < 4.78 is 6.56. The zero-order chi connectivity index (χ0) is 17.5. The van der Waals surface area contributed by atoms with Gasteiger partial charge < -0.3 is 9.33 Å². The van der Waals surface area contributed by atoms with Crippen LogP contribution in [0.4, 0.5) is 0 Å². The lowest BCUT2D eigenvalue weighted by atomic mass is 9.93. The monoisotopic (exact) mass is 338 g/mol. The number of nitrogens with zero attached hydrogens (tertiary/aromatic N) is 2. The van der Waals surface area contributed by atoms with Crippen molar-refractivity contribution in [1.29, 1.82) is 0 Å². The fourth-order valence-corrected chi connectivity index (χ4v) is 4.37. The van der Waals surface area contributed by atoms with Crippen molar-refractivity contribution in [3.8, 4) is 0 Å². The van der Waals surface area contributed by atoms with Crippen LogP contribution in [0.1, 0.15) is 40.0 Å². The molecule has 132 valence electrons. The number of amides is 1. The van der Waals surface area contributed by atoms with Gasteiger partial charge in [-0.15, -0.1) is 0 Å². The van der Waals surface area contributed by atoms with Crippen LogP contribution in [-0.4, -0.2) is 63.4 Å². The summed E-state index contributed by atoms with van der Waals surface area (Å²) in [7, 11) is 1.89. The summed E-state index contributed by atoms with van der Waals surface area (Å²) in [6, 6.07) is 0. The minimum atomic E-state index is -1.73. The maximum Gasteiger partial charge on any atom is 0.246 e. The van der Waals surface area contributed by atoms with Crippen molar-refractivity contribution in [2.24, 2.45) is 0 Å². The molecule has 0 aliphatic carbocycles. The third-order valence-electron chi connectivity index (χ3n) is 5.97. The second-order valence-electron chi connectivity index (χ2n) is 9.01. The summed E-state index contributed by atoms with van der Waals surface area (Å²) in [6.45, 7) is 14.4. The average molecular weight is 339 g/mol. The van der Waals surface area contributed by atoms with Gasteiger partial charge in [-0.1, -0.05) is 20.8 Å². The SMILES string of the molecule is CN(C)C(=O)C=C1CN2CCC[C@@]2(CO[Si](C)(C)C(C)(C)C)C1. The van der Waals surface area contributed by atoms with Crippen molar-refractivity contribution >= 4 is 14.2 Å². The molecule has 1 atom stereocenters. The largest absolute Gasteiger partial charge is 0.415 e. The van der Waals surface area contributed by atoms with E-state index in [-0.39, 0.29) is 16.5 Å². The van der Waals surface area contributed by atoms with E-state index in [1.807, 2.05) is 20.2 Å². The zero-order valence-electron chi connectivity index (χ0n) is 16.0. The molecule has 0 spiro atoms. The molecule has 2 aliphatic rings. The number of hydrogen-bond acceptors (Lipinski definition) is 3. The molecular weight excluding hydrogens is 304 g/mol. The first kappa shape index (κ1) is 18.7.